The van der Waals surface area contributed by atoms with Crippen molar-refractivity contribution in [3.8, 4) is 22.9 Å². The van der Waals surface area contributed by atoms with Gasteiger partial charge in [-0.2, -0.15) is 13.2 Å². The number of carbonyl (C=O) groups is 4. The number of halogens is 6. The summed E-state index contributed by atoms with van der Waals surface area (Å²) in [6, 6.07) is 25.0. The molecule has 464 valence electrons. The molecule has 0 fully saturated rings. The summed E-state index contributed by atoms with van der Waals surface area (Å²) < 4.78 is 77.3. The van der Waals surface area contributed by atoms with Crippen molar-refractivity contribution < 1.29 is 75.5 Å². The minimum absolute atomic E-state index is 0.0371. The number of aliphatic carboxylic acids is 1. The third-order valence-electron chi connectivity index (χ3n) is 11.3. The van der Waals surface area contributed by atoms with E-state index in [0.29, 0.717) is 62.1 Å². The molecule has 0 spiro atoms. The van der Waals surface area contributed by atoms with Gasteiger partial charge in [-0.25, -0.2) is 14.2 Å². The molecular weight excluding hydrogens is 1210 g/mol. The first kappa shape index (κ1) is 74.0. The van der Waals surface area contributed by atoms with E-state index in [2.05, 4.69) is 25.7 Å². The molecule has 3 N–H and O–H groups in total. The number of amides is 2. The van der Waals surface area contributed by atoms with Crippen LogP contribution in [-0.4, -0.2) is 124 Å². The lowest BCUT2D eigenvalue weighted by Crippen LogP contribution is -2.47. The van der Waals surface area contributed by atoms with Crippen LogP contribution in [0.1, 0.15) is 62.6 Å². The first-order chi connectivity index (χ1) is 39.4. The Morgan fingerprint density at radius 1 is 0.952 bits per heavy atom. The number of carbonyl (C=O) groups excluding carboxylic acids is 3. The van der Waals surface area contributed by atoms with Crippen LogP contribution in [0.15, 0.2) is 101 Å². The first-order valence-corrected chi connectivity index (χ1v) is 31.3. The van der Waals surface area contributed by atoms with Gasteiger partial charge in [-0.3, -0.25) is 34.0 Å². The molecule has 84 heavy (non-hydrogen) atoms. The molecule has 2 amide bonds. The molecular formula is C56H72Cl3F3N5O15PS. The number of ether oxygens (including phenoxy) is 5. The van der Waals surface area contributed by atoms with E-state index in [1.807, 2.05) is 93.7 Å². The molecule has 5 aromatic rings. The fraction of sp³-hybridized carbons (Fsp3) is 0.429. The van der Waals surface area contributed by atoms with Gasteiger partial charge in [0.25, 0.3) is 11.5 Å². The zero-order valence-corrected chi connectivity index (χ0v) is 52.3. The summed E-state index contributed by atoms with van der Waals surface area (Å²) in [5.41, 5.74) is 2.04. The molecule has 0 saturated carbocycles. The molecule has 0 saturated heterocycles. The average molecular weight is 1280 g/mol. The molecule has 1 aliphatic heterocycles. The van der Waals surface area contributed by atoms with Gasteiger partial charge in [0.2, 0.25) is 5.91 Å². The van der Waals surface area contributed by atoms with Crippen LogP contribution in [0.5, 0.6) is 17.2 Å². The van der Waals surface area contributed by atoms with E-state index in [1.54, 1.807) is 16.7 Å². The van der Waals surface area contributed by atoms with E-state index in [1.165, 1.54) is 31.4 Å². The molecule has 0 radical (unpaired) electrons. The fourth-order valence-electron chi connectivity index (χ4n) is 7.39. The predicted octanol–water partition coefficient (Wildman–Crippen LogP) is 8.02. The topological polar surface area (TPSA) is 258 Å². The number of para-hydroxylation sites is 3. The minimum atomic E-state index is -4.84. The van der Waals surface area contributed by atoms with Crippen LogP contribution in [0, 0.1) is 6.92 Å². The standard InChI is InChI=1S/C25H25F3N2O6.C14H20ClNO2.C11H11Cl2NO2.C3H8NO5P.C3H9S/c1-5-16-6-7-17(20(12-16)36-15(2)23(32)34-4)14-35-19-10-8-18(9-11-19)30-22(31)13-21(25(26,27)28)29(3)24(30)33;1-4-12-8-6-7-11(3)14(12)16(10-18-5-2)13(17)9-15;1-7-6-16-9-5-3-2-4-8(9)14(7)11(15)10(12)13;5-3(6)1-4-2-10(7,8)9;1-4(2)3/h6-13,15H,5,14H2,1-4H3;6-8H,4-5,9-10H2,1-3H3;2-5,7,10H,6H2,1H3;4H,1-2H2,(H,5,6)(H2,7,8,9);1-3H3/q;;;;+1/p-1. The third kappa shape index (κ3) is 24.1. The van der Waals surface area contributed by atoms with Crippen molar-refractivity contribution in [3.05, 3.63) is 140 Å². The third-order valence-corrected chi connectivity index (χ3v) is 12.6. The summed E-state index contributed by atoms with van der Waals surface area (Å²) in [5.74, 6) is -0.656. The van der Waals surface area contributed by atoms with Gasteiger partial charge in [-0.1, -0.05) is 79.5 Å². The van der Waals surface area contributed by atoms with Gasteiger partial charge in [0, 0.05) is 25.3 Å². The lowest BCUT2D eigenvalue weighted by Gasteiger charge is -2.35. The Bertz CT molecular complexity index is 3110. The fourth-order valence-corrected chi connectivity index (χ4v) is 8.14. The summed E-state index contributed by atoms with van der Waals surface area (Å²) in [7, 11) is -1.49. The molecule has 0 bridgehead atoms. The Morgan fingerprint density at radius 3 is 2.12 bits per heavy atom. The Kier molecular flexibility index (Phi) is 31.8. The maximum atomic E-state index is 13.1. The molecule has 1 aromatic heterocycles. The number of aryl methyl sites for hydroxylation is 3. The number of nitrogens with zero attached hydrogens (tertiary/aromatic N) is 4. The number of fused-ring (bicyclic) bond motifs is 1. The van der Waals surface area contributed by atoms with Crippen LogP contribution in [0.25, 0.3) is 5.69 Å². The molecule has 2 heterocycles. The summed E-state index contributed by atoms with van der Waals surface area (Å²) in [6.45, 7) is 12.3. The number of anilines is 2. The van der Waals surface area contributed by atoms with Crippen molar-refractivity contribution in [2.24, 2.45) is 7.05 Å². The van der Waals surface area contributed by atoms with Gasteiger partial charge in [0.1, 0.15) is 56.4 Å². The van der Waals surface area contributed by atoms with Gasteiger partial charge < -0.3 is 48.0 Å². The van der Waals surface area contributed by atoms with Crippen LogP contribution in [0.2, 0.25) is 0 Å². The van der Waals surface area contributed by atoms with Gasteiger partial charge in [0.05, 0.1) is 61.8 Å². The van der Waals surface area contributed by atoms with Crippen molar-refractivity contribution in [2.45, 2.75) is 84.1 Å². The molecule has 28 heteroatoms. The van der Waals surface area contributed by atoms with E-state index >= 15 is 0 Å². The second kappa shape index (κ2) is 36.0. The quantitative estimate of drug-likeness (QED) is 0.0232. The summed E-state index contributed by atoms with van der Waals surface area (Å²) >= 11 is 16.9. The minimum Gasteiger partial charge on any atom is -0.778 e. The van der Waals surface area contributed by atoms with E-state index < -0.39 is 66.4 Å². The molecule has 6 rings (SSSR count). The number of carboxylic acid groups (broad SMARTS) is 1. The molecule has 4 aromatic carbocycles. The highest BCUT2D eigenvalue weighted by molar-refractivity contribution is 7.94. The second-order valence-corrected chi connectivity index (χ2v) is 23.8. The normalized spacial score (nSPS) is 13.5. The highest BCUT2D eigenvalue weighted by Crippen LogP contribution is 2.35. The van der Waals surface area contributed by atoms with Crippen LogP contribution in [0.3, 0.4) is 0 Å². The molecule has 20 nitrogen and oxygen atoms in total. The maximum Gasteiger partial charge on any atom is 0.431 e. The van der Waals surface area contributed by atoms with E-state index in [0.717, 1.165) is 48.0 Å². The number of esters is 1. The van der Waals surface area contributed by atoms with Crippen LogP contribution >= 0.6 is 42.4 Å². The van der Waals surface area contributed by atoms with Crippen LogP contribution < -0.4 is 45.5 Å². The Balaban J connectivity index is 0.000000417. The van der Waals surface area contributed by atoms with Crippen molar-refractivity contribution in [1.29, 1.82) is 0 Å². The monoisotopic (exact) mass is 1280 g/mol. The highest BCUT2D eigenvalue weighted by atomic mass is 35.5. The number of methoxy groups -OCH3 is 1. The van der Waals surface area contributed by atoms with E-state index in [-0.39, 0.29) is 42.8 Å². The zero-order valence-electron chi connectivity index (χ0n) is 48.4. The Hall–Kier alpha value is -6.08. The number of carboxylic acids is 1. The Morgan fingerprint density at radius 2 is 1.58 bits per heavy atom. The molecule has 0 aliphatic carbocycles. The van der Waals surface area contributed by atoms with Crippen molar-refractivity contribution in [1.82, 2.24) is 14.5 Å². The Labute approximate surface area is 504 Å². The highest BCUT2D eigenvalue weighted by Gasteiger charge is 2.35. The molecule has 3 unspecified atom stereocenters. The van der Waals surface area contributed by atoms with Gasteiger partial charge >= 0.3 is 23.8 Å². The lowest BCUT2D eigenvalue weighted by molar-refractivity contribution is -0.193. The number of benzene rings is 4. The van der Waals surface area contributed by atoms with Crippen molar-refractivity contribution in [2.75, 3.05) is 74.3 Å². The van der Waals surface area contributed by atoms with E-state index in [4.69, 9.17) is 68.5 Å². The summed E-state index contributed by atoms with van der Waals surface area (Å²) in [5, 5.41) is 9.97. The maximum absolute atomic E-state index is 13.1. The number of nitrogens with one attached hydrogen (secondary N) is 1. The van der Waals surface area contributed by atoms with Crippen molar-refractivity contribution in [3.63, 3.8) is 0 Å². The second-order valence-electron chi connectivity index (χ2n) is 18.4. The van der Waals surface area contributed by atoms with E-state index in [9.17, 15) is 51.4 Å². The largest absolute Gasteiger partial charge is 0.778 e. The SMILES string of the molecule is CC1COc2ccccc2N1C(=O)C(Cl)Cl.CCOCN(C(=O)CCl)c1c(C)cccc1CC.CCc1ccc(COc2ccc(-n3c(=O)cc(C(F)(F)F)n(C)c3=O)cc2)c(OC(C)C(=O)OC)c1.C[S+](C)C.O=C(O)CNCP(=O)([O-])O. The predicted molar refractivity (Wildman–Crippen MR) is 320 cm³/mol. The van der Waals surface area contributed by atoms with Crippen LogP contribution in [0.4, 0.5) is 24.5 Å². The average Bonchev–Trinajstić information content (AvgIpc) is 3.39. The molecule has 1 aliphatic rings. The molecule has 3 atom stereocenters. The number of hydrogen-bond donors (Lipinski definition) is 3. The number of aromatic nitrogens is 2. The number of hydrogen-bond acceptors (Lipinski definition) is 14. The smallest absolute Gasteiger partial charge is 0.431 e. The zero-order chi connectivity index (χ0) is 63.6. The number of rotatable bonds is 19. The number of alkyl halides is 6. The van der Waals surface area contributed by atoms with Gasteiger partial charge in [0.15, 0.2) is 10.9 Å². The van der Waals surface area contributed by atoms with Crippen molar-refractivity contribution >= 4 is 88.4 Å². The van der Waals surface area contributed by atoms with Crippen LogP contribution in [-0.2, 0) is 76.8 Å². The summed E-state index contributed by atoms with van der Waals surface area (Å²) in [4.78, 5) is 90.3. The lowest BCUT2D eigenvalue weighted by atomic mass is 10.0. The van der Waals surface area contributed by atoms with Gasteiger partial charge in [-0.05, 0) is 111 Å². The first-order valence-electron chi connectivity index (χ1n) is 25.7. The van der Waals surface area contributed by atoms with Gasteiger partial charge in [-0.15, -0.1) is 11.6 Å². The summed E-state index contributed by atoms with van der Waals surface area (Å²) in [6.07, 6.45) is 1.84.